The van der Waals surface area contributed by atoms with Gasteiger partial charge in [0.05, 0.1) is 10.6 Å². The number of thiophene rings is 1. The molecule has 0 bridgehead atoms. The van der Waals surface area contributed by atoms with E-state index >= 15 is 0 Å². The smallest absolute Gasteiger partial charge is 0.253 e. The number of amides is 3. The summed E-state index contributed by atoms with van der Waals surface area (Å²) in [6.07, 6.45) is 1.26. The number of piperidine rings is 1. The predicted octanol–water partition coefficient (Wildman–Crippen LogP) is 1.79. The molecule has 1 aliphatic heterocycles. The van der Waals surface area contributed by atoms with Crippen molar-refractivity contribution in [3.63, 3.8) is 0 Å². The first-order chi connectivity index (χ1) is 10.4. The number of hydrogen-bond donors (Lipinski definition) is 3. The Kier molecular flexibility index (Phi) is 4.97. The van der Waals surface area contributed by atoms with E-state index in [9.17, 15) is 14.4 Å². The zero-order valence-electron chi connectivity index (χ0n) is 12.6. The largest absolute Gasteiger partial charge is 0.351 e. The average molecular weight is 321 g/mol. The molecule has 1 aromatic heterocycles. The maximum absolute atomic E-state index is 12.4. The van der Waals surface area contributed by atoms with Crippen molar-refractivity contribution < 1.29 is 14.4 Å². The summed E-state index contributed by atoms with van der Waals surface area (Å²) in [6.45, 7) is 7.62. The lowest BCUT2D eigenvalue weighted by molar-refractivity contribution is -0.134. The van der Waals surface area contributed by atoms with Gasteiger partial charge in [-0.3, -0.25) is 19.7 Å². The molecule has 2 heterocycles. The Morgan fingerprint density at radius 2 is 2.23 bits per heavy atom. The Morgan fingerprint density at radius 1 is 1.50 bits per heavy atom. The van der Waals surface area contributed by atoms with Crippen molar-refractivity contribution in [2.75, 3.05) is 5.32 Å². The van der Waals surface area contributed by atoms with Gasteiger partial charge in [-0.05, 0) is 25.3 Å². The highest BCUT2D eigenvalue weighted by Crippen LogP contribution is 2.29. The summed E-state index contributed by atoms with van der Waals surface area (Å²) in [5.74, 6) is -1.04. The second-order valence-corrected chi connectivity index (χ2v) is 6.07. The van der Waals surface area contributed by atoms with Crippen LogP contribution in [0.4, 0.5) is 5.00 Å². The van der Waals surface area contributed by atoms with E-state index < -0.39 is 11.9 Å². The van der Waals surface area contributed by atoms with Crippen LogP contribution in [-0.2, 0) is 16.0 Å². The topological polar surface area (TPSA) is 87.3 Å². The summed E-state index contributed by atoms with van der Waals surface area (Å²) in [5, 5.41) is 10.7. The third kappa shape index (κ3) is 3.54. The lowest BCUT2D eigenvalue weighted by Gasteiger charge is -2.21. The normalized spacial score (nSPS) is 17.8. The summed E-state index contributed by atoms with van der Waals surface area (Å²) in [4.78, 5) is 35.2. The first kappa shape index (κ1) is 16.2. The number of nitrogens with one attached hydrogen (secondary N) is 3. The second-order valence-electron chi connectivity index (χ2n) is 5.19. The molecule has 6 nitrogen and oxygen atoms in total. The molecule has 1 unspecified atom stereocenters. The molecular weight excluding hydrogens is 302 g/mol. The van der Waals surface area contributed by atoms with Gasteiger partial charge in [0.1, 0.15) is 6.04 Å². The van der Waals surface area contributed by atoms with Crippen LogP contribution < -0.4 is 16.0 Å². The Balaban J connectivity index is 2.12. The van der Waals surface area contributed by atoms with E-state index in [1.54, 1.807) is 5.38 Å². The zero-order valence-corrected chi connectivity index (χ0v) is 13.4. The molecule has 1 atom stereocenters. The molecule has 22 heavy (non-hydrogen) atoms. The van der Waals surface area contributed by atoms with Gasteiger partial charge in [0.2, 0.25) is 11.8 Å². The van der Waals surface area contributed by atoms with Gasteiger partial charge >= 0.3 is 0 Å². The quantitative estimate of drug-likeness (QED) is 0.722. The number of carbonyl (C=O) groups is 3. The molecule has 1 saturated heterocycles. The summed E-state index contributed by atoms with van der Waals surface area (Å²) >= 11 is 1.43. The van der Waals surface area contributed by atoms with Gasteiger partial charge in [0, 0.05) is 17.5 Å². The minimum atomic E-state index is -0.660. The Morgan fingerprint density at radius 3 is 2.82 bits per heavy atom. The van der Waals surface area contributed by atoms with Crippen LogP contribution >= 0.6 is 11.3 Å². The highest BCUT2D eigenvalue weighted by atomic mass is 32.1. The molecule has 0 radical (unpaired) electrons. The highest BCUT2D eigenvalue weighted by molar-refractivity contribution is 7.14. The number of carbonyl (C=O) groups excluding carboxylic acids is 3. The van der Waals surface area contributed by atoms with Crippen molar-refractivity contribution in [1.82, 2.24) is 10.6 Å². The molecular formula is C15H19N3O3S. The van der Waals surface area contributed by atoms with Gasteiger partial charge in [-0.15, -0.1) is 11.3 Å². The molecule has 0 aromatic carbocycles. The van der Waals surface area contributed by atoms with E-state index in [1.165, 1.54) is 11.3 Å². The number of anilines is 1. The van der Waals surface area contributed by atoms with E-state index in [0.717, 1.165) is 16.3 Å². The summed E-state index contributed by atoms with van der Waals surface area (Å²) < 4.78 is 0. The van der Waals surface area contributed by atoms with Gasteiger partial charge in [0.15, 0.2) is 0 Å². The molecule has 3 N–H and O–H groups in total. The van der Waals surface area contributed by atoms with Crippen molar-refractivity contribution in [1.29, 1.82) is 0 Å². The van der Waals surface area contributed by atoms with Crippen LogP contribution in [0.1, 0.15) is 42.6 Å². The Labute approximate surface area is 133 Å². The minimum absolute atomic E-state index is 0.240. The molecule has 1 aliphatic rings. The van der Waals surface area contributed by atoms with Gasteiger partial charge in [0.25, 0.3) is 5.91 Å². The second kappa shape index (κ2) is 6.74. The molecule has 2 rings (SSSR count). The molecule has 0 spiro atoms. The fourth-order valence-corrected chi connectivity index (χ4v) is 3.40. The zero-order chi connectivity index (χ0) is 16.3. The third-order valence-corrected chi connectivity index (χ3v) is 4.30. The Hall–Kier alpha value is -2.15. The molecule has 118 valence electrons. The lowest BCUT2D eigenvalue weighted by atomic mass is 10.0. The van der Waals surface area contributed by atoms with Crippen molar-refractivity contribution in [3.05, 3.63) is 28.8 Å². The molecule has 3 amide bonds. The van der Waals surface area contributed by atoms with Gasteiger partial charge in [-0.25, -0.2) is 0 Å². The van der Waals surface area contributed by atoms with Crippen LogP contribution in [0.25, 0.3) is 0 Å². The van der Waals surface area contributed by atoms with E-state index in [2.05, 4.69) is 22.5 Å². The highest BCUT2D eigenvalue weighted by Gasteiger charge is 2.29. The SMILES string of the molecule is C=C(C)Nc1scc(C(=O)NC2CCC(=O)NC2=O)c1CC. The van der Waals surface area contributed by atoms with Crippen molar-refractivity contribution >= 4 is 34.1 Å². The van der Waals surface area contributed by atoms with Crippen LogP contribution in [-0.4, -0.2) is 23.8 Å². The number of allylic oxidation sites excluding steroid dienone is 1. The number of hydrogen-bond acceptors (Lipinski definition) is 5. The van der Waals surface area contributed by atoms with Crippen LogP contribution in [0.2, 0.25) is 0 Å². The summed E-state index contributed by atoms with van der Waals surface area (Å²) in [6, 6.07) is -0.660. The monoisotopic (exact) mass is 321 g/mol. The number of rotatable bonds is 5. The predicted molar refractivity (Wildman–Crippen MR) is 85.8 cm³/mol. The molecule has 7 heteroatoms. The maximum atomic E-state index is 12.4. The van der Waals surface area contributed by atoms with Crippen LogP contribution in [0.5, 0.6) is 0 Å². The first-order valence-corrected chi connectivity index (χ1v) is 7.97. The summed E-state index contributed by atoms with van der Waals surface area (Å²) in [7, 11) is 0. The van der Waals surface area contributed by atoms with E-state index in [4.69, 9.17) is 0 Å². The van der Waals surface area contributed by atoms with E-state index in [0.29, 0.717) is 18.4 Å². The molecule has 0 aliphatic carbocycles. The molecule has 1 aromatic rings. The summed E-state index contributed by atoms with van der Waals surface area (Å²) in [5.41, 5.74) is 2.26. The van der Waals surface area contributed by atoms with Crippen LogP contribution in [0.15, 0.2) is 17.7 Å². The lowest BCUT2D eigenvalue weighted by Crippen LogP contribution is -2.52. The fourth-order valence-electron chi connectivity index (χ4n) is 2.29. The van der Waals surface area contributed by atoms with Gasteiger partial charge in [-0.2, -0.15) is 0 Å². The maximum Gasteiger partial charge on any atom is 0.253 e. The minimum Gasteiger partial charge on any atom is -0.351 e. The number of imide groups is 1. The third-order valence-electron chi connectivity index (χ3n) is 3.36. The van der Waals surface area contributed by atoms with Crippen molar-refractivity contribution in [3.8, 4) is 0 Å². The van der Waals surface area contributed by atoms with Crippen LogP contribution in [0.3, 0.4) is 0 Å². The fraction of sp³-hybridized carbons (Fsp3) is 0.400. The first-order valence-electron chi connectivity index (χ1n) is 7.09. The molecule has 1 fully saturated rings. The van der Waals surface area contributed by atoms with E-state index in [1.807, 2.05) is 13.8 Å². The van der Waals surface area contributed by atoms with Crippen LogP contribution in [0, 0.1) is 0 Å². The standard InChI is InChI=1S/C15H19N3O3S/c1-4-9-10(7-22-15(9)16-8(2)3)13(20)17-11-5-6-12(19)18-14(11)21/h7,11,16H,2,4-6H2,1,3H3,(H,17,20)(H,18,19,21). The van der Waals surface area contributed by atoms with E-state index in [-0.39, 0.29) is 18.2 Å². The van der Waals surface area contributed by atoms with Gasteiger partial charge in [-0.1, -0.05) is 13.5 Å². The van der Waals surface area contributed by atoms with Gasteiger partial charge < -0.3 is 10.6 Å². The van der Waals surface area contributed by atoms with Crippen molar-refractivity contribution in [2.24, 2.45) is 0 Å². The Bertz CT molecular complexity index is 636. The molecule has 0 saturated carbocycles. The average Bonchev–Trinajstić information content (AvgIpc) is 2.83. The van der Waals surface area contributed by atoms with Crippen molar-refractivity contribution in [2.45, 2.75) is 39.2 Å².